The van der Waals surface area contributed by atoms with E-state index in [1.807, 2.05) is 42.5 Å². The molecule has 3 rings (SSSR count). The number of carbonyl (C=O) groups is 3. The molecule has 0 saturated heterocycles. The largest absolute Gasteiger partial charge is 0.507 e. The van der Waals surface area contributed by atoms with Crippen molar-refractivity contribution in [1.82, 2.24) is 10.6 Å². The Bertz CT molecular complexity index is 1330. The molecular weight excluding hydrogens is 506 g/mol. The summed E-state index contributed by atoms with van der Waals surface area (Å²) in [6.45, 7) is -0.205. The van der Waals surface area contributed by atoms with Gasteiger partial charge in [-0.25, -0.2) is 9.59 Å². The zero-order chi connectivity index (χ0) is 28.2. The van der Waals surface area contributed by atoms with Crippen LogP contribution in [-0.4, -0.2) is 59.9 Å². The summed E-state index contributed by atoms with van der Waals surface area (Å²) >= 11 is 0. The molecule has 0 aromatic heterocycles. The third-order valence-electron chi connectivity index (χ3n) is 5.39. The molecule has 3 aromatic rings. The maximum atomic E-state index is 12.5. The van der Waals surface area contributed by atoms with Crippen molar-refractivity contribution in [1.29, 1.82) is 0 Å². The zero-order valence-corrected chi connectivity index (χ0v) is 20.9. The van der Waals surface area contributed by atoms with Gasteiger partial charge in [-0.2, -0.15) is 0 Å². The lowest BCUT2D eigenvalue weighted by Gasteiger charge is -2.16. The lowest BCUT2D eigenvalue weighted by Crippen LogP contribution is -2.48. The molecule has 1 atom stereocenters. The van der Waals surface area contributed by atoms with Gasteiger partial charge in [-0.3, -0.25) is 9.79 Å². The number of hydrogen-bond donors (Lipinski definition) is 6. The van der Waals surface area contributed by atoms with Crippen molar-refractivity contribution >= 4 is 23.9 Å². The zero-order valence-electron chi connectivity index (χ0n) is 20.9. The van der Waals surface area contributed by atoms with Crippen molar-refractivity contribution in [3.8, 4) is 22.6 Å². The first-order chi connectivity index (χ1) is 18.7. The number of amides is 2. The summed E-state index contributed by atoms with van der Waals surface area (Å²) in [5, 5.41) is 24.3. The average molecular weight is 536 g/mol. The van der Waals surface area contributed by atoms with E-state index in [-0.39, 0.29) is 42.8 Å². The second-order valence-electron chi connectivity index (χ2n) is 8.18. The molecule has 39 heavy (non-hydrogen) atoms. The number of nitrogens with one attached hydrogen (secondary N) is 2. The number of carboxylic acid groups (broad SMARTS) is 1. The minimum atomic E-state index is -1.48. The fraction of sp³-hybridized carbons (Fsp3) is 0.185. The van der Waals surface area contributed by atoms with Crippen LogP contribution in [0.5, 0.6) is 11.5 Å². The lowest BCUT2D eigenvalue weighted by molar-refractivity contribution is -0.139. The molecule has 204 valence electrons. The van der Waals surface area contributed by atoms with Gasteiger partial charge >= 0.3 is 12.1 Å². The smallest absolute Gasteiger partial charge is 0.408 e. The van der Waals surface area contributed by atoms with Crippen LogP contribution in [0.3, 0.4) is 0 Å². The molecule has 3 aromatic carbocycles. The van der Waals surface area contributed by atoms with Crippen molar-refractivity contribution in [2.75, 3.05) is 19.7 Å². The second-order valence-corrected chi connectivity index (χ2v) is 8.18. The van der Waals surface area contributed by atoms with E-state index in [0.29, 0.717) is 0 Å². The van der Waals surface area contributed by atoms with Gasteiger partial charge in [-0.05, 0) is 28.8 Å². The van der Waals surface area contributed by atoms with Crippen molar-refractivity contribution in [2.45, 2.75) is 12.6 Å². The number of nitrogens with zero attached hydrogens (tertiary/aromatic N) is 1. The SMILES string of the molecule is NC(N)=NCCOc1ccc(C(=O)NCC(NC(=O)OCc2ccccc2-c2ccccc2)C(=O)O)c(O)c1. The molecule has 0 aliphatic rings. The van der Waals surface area contributed by atoms with Crippen LogP contribution in [0.4, 0.5) is 4.79 Å². The highest BCUT2D eigenvalue weighted by Crippen LogP contribution is 2.25. The Balaban J connectivity index is 1.53. The molecule has 12 heteroatoms. The van der Waals surface area contributed by atoms with Gasteiger partial charge in [-0.1, -0.05) is 54.6 Å². The Morgan fingerprint density at radius 1 is 0.974 bits per heavy atom. The van der Waals surface area contributed by atoms with Gasteiger partial charge in [0.15, 0.2) is 5.96 Å². The van der Waals surface area contributed by atoms with Gasteiger partial charge in [0, 0.05) is 12.6 Å². The predicted molar refractivity (Wildman–Crippen MR) is 143 cm³/mol. The van der Waals surface area contributed by atoms with E-state index in [0.717, 1.165) is 16.7 Å². The average Bonchev–Trinajstić information content (AvgIpc) is 2.92. The summed E-state index contributed by atoms with van der Waals surface area (Å²) in [4.78, 5) is 40.3. The fourth-order valence-corrected chi connectivity index (χ4v) is 3.49. The van der Waals surface area contributed by atoms with Crippen molar-refractivity contribution in [3.63, 3.8) is 0 Å². The first-order valence-electron chi connectivity index (χ1n) is 11.8. The number of carboxylic acids is 1. The first-order valence-corrected chi connectivity index (χ1v) is 11.8. The third-order valence-corrected chi connectivity index (χ3v) is 5.39. The summed E-state index contributed by atoms with van der Waals surface area (Å²) in [5.41, 5.74) is 12.9. The highest BCUT2D eigenvalue weighted by Gasteiger charge is 2.23. The number of guanidine groups is 1. The Kier molecular flexibility index (Phi) is 10.1. The minimum absolute atomic E-state index is 0.0794. The molecule has 0 aliphatic heterocycles. The second kappa shape index (κ2) is 13.9. The normalized spacial score (nSPS) is 11.1. The van der Waals surface area contributed by atoms with E-state index in [4.69, 9.17) is 20.9 Å². The number of rotatable bonds is 12. The Morgan fingerprint density at radius 2 is 1.69 bits per heavy atom. The van der Waals surface area contributed by atoms with E-state index in [1.165, 1.54) is 18.2 Å². The van der Waals surface area contributed by atoms with Crippen LogP contribution in [0.25, 0.3) is 11.1 Å². The van der Waals surface area contributed by atoms with E-state index in [9.17, 15) is 24.6 Å². The van der Waals surface area contributed by atoms with Crippen LogP contribution < -0.4 is 26.8 Å². The Labute approximate surface area is 224 Å². The summed E-state index contributed by atoms with van der Waals surface area (Å²) < 4.78 is 10.6. The maximum Gasteiger partial charge on any atom is 0.408 e. The summed E-state index contributed by atoms with van der Waals surface area (Å²) in [5.74, 6) is -2.33. The number of aromatic hydroxyl groups is 1. The topological polar surface area (TPSA) is 199 Å². The van der Waals surface area contributed by atoms with E-state index in [2.05, 4.69) is 15.6 Å². The third kappa shape index (κ3) is 8.67. The van der Waals surface area contributed by atoms with Gasteiger partial charge in [-0.15, -0.1) is 0 Å². The van der Waals surface area contributed by atoms with Gasteiger partial charge in [0.25, 0.3) is 5.91 Å². The molecule has 0 saturated carbocycles. The molecule has 2 amide bonds. The number of nitrogens with two attached hydrogens (primary N) is 2. The number of hydrogen-bond acceptors (Lipinski definition) is 7. The molecule has 0 radical (unpaired) electrons. The number of alkyl carbamates (subject to hydrolysis) is 1. The quantitative estimate of drug-likeness (QED) is 0.114. The van der Waals surface area contributed by atoms with Gasteiger partial charge in [0.05, 0.1) is 12.1 Å². The molecule has 12 nitrogen and oxygen atoms in total. The lowest BCUT2D eigenvalue weighted by atomic mass is 10.0. The Morgan fingerprint density at radius 3 is 2.38 bits per heavy atom. The highest BCUT2D eigenvalue weighted by atomic mass is 16.5. The first kappa shape index (κ1) is 28.3. The van der Waals surface area contributed by atoms with E-state index in [1.54, 1.807) is 12.1 Å². The number of ether oxygens (including phenoxy) is 2. The molecule has 0 spiro atoms. The molecule has 0 fully saturated rings. The molecular formula is C27H29N5O7. The standard InChI is InChI=1S/C27H29N5O7/c28-26(29)30-12-13-38-19-10-11-21(23(33)14-19)24(34)31-15-22(25(35)36)32-27(37)39-16-18-8-4-5-9-20(18)17-6-2-1-3-7-17/h1-11,14,22,33H,12-13,15-16H2,(H,31,34)(H,32,37)(H,35,36)(H4,28,29,30). The maximum absolute atomic E-state index is 12.5. The summed E-state index contributed by atoms with van der Waals surface area (Å²) in [7, 11) is 0. The molecule has 0 aliphatic carbocycles. The van der Waals surface area contributed by atoms with Crippen LogP contribution >= 0.6 is 0 Å². The van der Waals surface area contributed by atoms with Crippen molar-refractivity contribution in [3.05, 3.63) is 83.9 Å². The van der Waals surface area contributed by atoms with Crippen LogP contribution in [-0.2, 0) is 16.1 Å². The number of phenolic OH excluding ortho intramolecular Hbond substituents is 1. The van der Waals surface area contributed by atoms with Gasteiger partial charge < -0.3 is 41.8 Å². The van der Waals surface area contributed by atoms with Gasteiger partial charge in [0.1, 0.15) is 30.8 Å². The molecule has 1 unspecified atom stereocenters. The van der Waals surface area contributed by atoms with Crippen LogP contribution in [0.15, 0.2) is 77.8 Å². The van der Waals surface area contributed by atoms with E-state index < -0.39 is 30.6 Å². The van der Waals surface area contributed by atoms with Crippen LogP contribution in [0.2, 0.25) is 0 Å². The molecule has 0 heterocycles. The highest BCUT2D eigenvalue weighted by molar-refractivity contribution is 5.97. The van der Waals surface area contributed by atoms with Gasteiger partial charge in [0.2, 0.25) is 0 Å². The number of aliphatic imine (C=N–C) groups is 1. The minimum Gasteiger partial charge on any atom is -0.507 e. The Hall–Kier alpha value is -5.26. The van der Waals surface area contributed by atoms with E-state index >= 15 is 0 Å². The fourth-order valence-electron chi connectivity index (χ4n) is 3.49. The van der Waals surface area contributed by atoms with Crippen LogP contribution in [0, 0.1) is 0 Å². The number of benzene rings is 3. The summed E-state index contributed by atoms with van der Waals surface area (Å²) in [6, 6.07) is 19.4. The monoisotopic (exact) mass is 535 g/mol. The molecule has 8 N–H and O–H groups in total. The van der Waals surface area contributed by atoms with Crippen molar-refractivity contribution < 1.29 is 34.1 Å². The number of phenols is 1. The molecule has 0 bridgehead atoms. The van der Waals surface area contributed by atoms with Crippen LogP contribution in [0.1, 0.15) is 15.9 Å². The number of aliphatic carboxylic acids is 1. The number of carbonyl (C=O) groups excluding carboxylic acids is 2. The van der Waals surface area contributed by atoms with Crippen molar-refractivity contribution in [2.24, 2.45) is 16.5 Å². The summed E-state index contributed by atoms with van der Waals surface area (Å²) in [6.07, 6.45) is -0.968. The predicted octanol–water partition coefficient (Wildman–Crippen LogP) is 1.82.